The van der Waals surface area contributed by atoms with E-state index in [1.807, 2.05) is 18.3 Å². The van der Waals surface area contributed by atoms with E-state index in [1.165, 1.54) is 24.0 Å². The topological polar surface area (TPSA) is 12.4 Å². The zero-order valence-corrected chi connectivity index (χ0v) is 9.96. The van der Waals surface area contributed by atoms with Crippen molar-refractivity contribution in [1.82, 2.24) is 0 Å². The van der Waals surface area contributed by atoms with Gasteiger partial charge in [-0.15, -0.1) is 0 Å². The highest BCUT2D eigenvalue weighted by molar-refractivity contribution is 6.30. The summed E-state index contributed by atoms with van der Waals surface area (Å²) in [5.41, 5.74) is 2.49. The summed E-state index contributed by atoms with van der Waals surface area (Å²) in [4.78, 5) is 4.51. The normalized spacial score (nSPS) is 16.5. The number of hydrogen-bond donors (Lipinski definition) is 0. The highest BCUT2D eigenvalue weighted by Crippen LogP contribution is 2.25. The molecule has 0 N–H and O–H groups in total. The van der Waals surface area contributed by atoms with E-state index in [9.17, 15) is 0 Å². The van der Waals surface area contributed by atoms with Crippen molar-refractivity contribution in [3.05, 3.63) is 34.3 Å². The fourth-order valence-corrected chi connectivity index (χ4v) is 1.77. The Balaban J connectivity index is 2.28. The quantitative estimate of drug-likeness (QED) is 0.683. The molecule has 1 fully saturated rings. The highest BCUT2D eigenvalue weighted by Gasteiger charge is 2.19. The maximum absolute atomic E-state index is 5.99. The third kappa shape index (κ3) is 2.82. The molecule has 1 aromatic rings. The maximum Gasteiger partial charge on any atom is 0.0501 e. The molecule has 2 heteroatoms. The fraction of sp³-hybridized carbons (Fsp3) is 0.462. The summed E-state index contributed by atoms with van der Waals surface area (Å²) in [5, 5.41) is 0.789. The smallest absolute Gasteiger partial charge is 0.0501 e. The number of hydrogen-bond acceptors (Lipinski definition) is 1. The van der Waals surface area contributed by atoms with Crippen LogP contribution in [0.5, 0.6) is 0 Å². The first kappa shape index (κ1) is 10.7. The second-order valence-corrected chi connectivity index (χ2v) is 4.87. The lowest BCUT2D eigenvalue weighted by Crippen LogP contribution is -1.95. The first-order valence-electron chi connectivity index (χ1n) is 5.49. The van der Waals surface area contributed by atoms with Gasteiger partial charge < -0.3 is 0 Å². The first-order valence-corrected chi connectivity index (χ1v) is 5.87. The molecule has 1 nitrogen and oxygen atoms in total. The van der Waals surface area contributed by atoms with Crippen LogP contribution in [0.3, 0.4) is 0 Å². The van der Waals surface area contributed by atoms with E-state index in [4.69, 9.17) is 11.6 Å². The molecule has 0 heterocycles. The van der Waals surface area contributed by atoms with Gasteiger partial charge in [-0.2, -0.15) is 0 Å². The maximum atomic E-state index is 5.99. The lowest BCUT2D eigenvalue weighted by molar-refractivity contribution is 0.864. The summed E-state index contributed by atoms with van der Waals surface area (Å²) in [7, 11) is 0. The van der Waals surface area contributed by atoms with E-state index in [-0.39, 0.29) is 0 Å². The molecule has 0 amide bonds. The minimum atomic E-state index is 0.517. The molecule has 0 unspecified atom stereocenters. The van der Waals surface area contributed by atoms with Crippen molar-refractivity contribution >= 4 is 17.8 Å². The van der Waals surface area contributed by atoms with Gasteiger partial charge in [0.1, 0.15) is 0 Å². The van der Waals surface area contributed by atoms with Crippen LogP contribution in [0.2, 0.25) is 5.02 Å². The van der Waals surface area contributed by atoms with Gasteiger partial charge in [-0.3, -0.25) is 4.99 Å². The number of halogens is 1. The summed E-state index contributed by atoms with van der Waals surface area (Å²) in [6, 6.07) is 6.62. The highest BCUT2D eigenvalue weighted by atomic mass is 35.5. The molecule has 80 valence electrons. The first-order chi connectivity index (χ1) is 7.16. The number of benzene rings is 1. The predicted octanol–water partition coefficient (Wildman–Crippen LogP) is 4.04. The van der Waals surface area contributed by atoms with E-state index in [2.05, 4.69) is 24.9 Å². The number of rotatable bonds is 3. The lowest BCUT2D eigenvalue weighted by Gasteiger charge is -2.09. The van der Waals surface area contributed by atoms with Crippen LogP contribution in [0.25, 0.3) is 0 Å². The molecule has 15 heavy (non-hydrogen) atoms. The van der Waals surface area contributed by atoms with Gasteiger partial charge in [-0.25, -0.2) is 0 Å². The molecule has 1 saturated carbocycles. The van der Waals surface area contributed by atoms with Crippen LogP contribution in [-0.2, 0) is 0 Å². The van der Waals surface area contributed by atoms with Crippen LogP contribution in [0.15, 0.2) is 23.2 Å². The Labute approximate surface area is 96.2 Å². The Bertz CT molecular complexity index is 378. The Morgan fingerprint density at radius 1 is 1.40 bits per heavy atom. The van der Waals surface area contributed by atoms with E-state index in [0.29, 0.717) is 12.0 Å². The molecule has 0 saturated heterocycles. The summed E-state index contributed by atoms with van der Waals surface area (Å²) in [6.07, 6.45) is 4.47. The molecule has 0 atom stereocenters. The van der Waals surface area contributed by atoms with Crippen LogP contribution in [0, 0.1) is 0 Å². The molecular formula is C13H16ClN. The second-order valence-electron chi connectivity index (χ2n) is 4.44. The van der Waals surface area contributed by atoms with Crippen LogP contribution in [0.1, 0.15) is 43.7 Å². The van der Waals surface area contributed by atoms with Crippen LogP contribution in [0.4, 0.5) is 0 Å². The summed E-state index contributed by atoms with van der Waals surface area (Å²) in [6.45, 7) is 4.38. The van der Waals surface area contributed by atoms with Gasteiger partial charge in [0.25, 0.3) is 0 Å². The Hall–Kier alpha value is -0.820. The average molecular weight is 222 g/mol. The standard InChI is InChI=1S/C13H16ClN/c1-9(2)13-6-3-11(14)7-10(13)8-15-12-4-5-12/h3,6-9,12H,4-5H2,1-2H3. The zero-order chi connectivity index (χ0) is 10.8. The molecule has 0 aromatic heterocycles. The van der Waals surface area contributed by atoms with Gasteiger partial charge in [0.15, 0.2) is 0 Å². The average Bonchev–Trinajstić information content (AvgIpc) is 2.97. The SMILES string of the molecule is CC(C)c1ccc(Cl)cc1C=NC1CC1. The monoisotopic (exact) mass is 221 g/mol. The molecule has 1 aliphatic rings. The Morgan fingerprint density at radius 3 is 2.73 bits per heavy atom. The van der Waals surface area contributed by atoms with E-state index < -0.39 is 0 Å². The van der Waals surface area contributed by atoms with Crippen molar-refractivity contribution in [2.75, 3.05) is 0 Å². The van der Waals surface area contributed by atoms with Crippen molar-refractivity contribution < 1.29 is 0 Å². The van der Waals surface area contributed by atoms with E-state index in [1.54, 1.807) is 0 Å². The Kier molecular flexibility index (Phi) is 3.11. The Morgan fingerprint density at radius 2 is 2.13 bits per heavy atom. The molecule has 0 radical (unpaired) electrons. The predicted molar refractivity (Wildman–Crippen MR) is 66.2 cm³/mol. The van der Waals surface area contributed by atoms with Gasteiger partial charge >= 0.3 is 0 Å². The number of nitrogens with zero attached hydrogens (tertiary/aromatic N) is 1. The van der Waals surface area contributed by atoms with Crippen molar-refractivity contribution in [3.8, 4) is 0 Å². The van der Waals surface area contributed by atoms with Crippen LogP contribution >= 0.6 is 11.6 Å². The second kappa shape index (κ2) is 4.36. The van der Waals surface area contributed by atoms with Gasteiger partial charge in [0.2, 0.25) is 0 Å². The van der Waals surface area contributed by atoms with E-state index in [0.717, 1.165) is 5.02 Å². The van der Waals surface area contributed by atoms with Crippen LogP contribution in [-0.4, -0.2) is 12.3 Å². The van der Waals surface area contributed by atoms with Gasteiger partial charge in [0.05, 0.1) is 6.04 Å². The van der Waals surface area contributed by atoms with Crippen molar-refractivity contribution in [2.24, 2.45) is 4.99 Å². The summed E-state index contributed by atoms with van der Waals surface area (Å²) in [5.74, 6) is 0.517. The minimum absolute atomic E-state index is 0.517. The van der Waals surface area contributed by atoms with Crippen molar-refractivity contribution in [2.45, 2.75) is 38.6 Å². The molecule has 0 bridgehead atoms. The van der Waals surface area contributed by atoms with Gasteiger partial charge in [0, 0.05) is 11.2 Å². The van der Waals surface area contributed by atoms with Gasteiger partial charge in [-0.1, -0.05) is 31.5 Å². The lowest BCUT2D eigenvalue weighted by atomic mass is 9.98. The molecule has 1 aromatic carbocycles. The molecule has 0 aliphatic heterocycles. The molecule has 2 rings (SSSR count). The third-order valence-electron chi connectivity index (χ3n) is 2.64. The third-order valence-corrected chi connectivity index (χ3v) is 2.88. The van der Waals surface area contributed by atoms with Crippen molar-refractivity contribution in [3.63, 3.8) is 0 Å². The fourth-order valence-electron chi connectivity index (χ4n) is 1.59. The van der Waals surface area contributed by atoms with Crippen LogP contribution < -0.4 is 0 Å². The van der Waals surface area contributed by atoms with E-state index >= 15 is 0 Å². The molecule has 0 spiro atoms. The summed E-state index contributed by atoms with van der Waals surface area (Å²) >= 11 is 5.99. The van der Waals surface area contributed by atoms with Crippen molar-refractivity contribution in [1.29, 1.82) is 0 Å². The van der Waals surface area contributed by atoms with Gasteiger partial charge in [-0.05, 0) is 42.0 Å². The zero-order valence-electron chi connectivity index (χ0n) is 9.20. The molecular weight excluding hydrogens is 206 g/mol. The number of aliphatic imine (C=N–C) groups is 1. The summed E-state index contributed by atoms with van der Waals surface area (Å²) < 4.78 is 0. The minimum Gasteiger partial charge on any atom is -0.289 e. The largest absolute Gasteiger partial charge is 0.289 e. The molecule has 1 aliphatic carbocycles.